The van der Waals surface area contributed by atoms with Gasteiger partial charge in [-0.2, -0.15) is 0 Å². The lowest BCUT2D eigenvalue weighted by atomic mass is 9.97. The fraction of sp³-hybridized carbons (Fsp3) is 0. The average Bonchev–Trinajstić information content (AvgIpc) is 4.09. The van der Waals surface area contributed by atoms with Crippen LogP contribution in [0.1, 0.15) is 20.6 Å². The Morgan fingerprint density at radius 2 is 1.10 bits per heavy atom. The summed E-state index contributed by atoms with van der Waals surface area (Å²) in [6.07, 6.45) is 0. The molecule has 3 heterocycles. The first-order valence-corrected chi connectivity index (χ1v) is 18.4. The number of anilines is 3. The second kappa shape index (κ2) is 12.9. The SMILES string of the molecule is [2H]c1cc([2H])c2c(oc3c([2H])c([2H])c([2H])c([2H])c32)c1N(c1ccc2c(oc3ccccc32)c1-c1cccc(-n2c3ccccc3c3ccccc32)c1)c1c([2H])c([2H])c(-c2c([2H])c([2H])c([2H])c([2H])c2[2H])c([2H])c1[2H]. The number of benzene rings is 9. The van der Waals surface area contributed by atoms with E-state index in [1.54, 1.807) is 18.2 Å². The molecule has 0 spiro atoms. The topological polar surface area (TPSA) is 34.5 Å². The Morgan fingerprint density at radius 1 is 0.414 bits per heavy atom. The Balaban J connectivity index is 1.25. The molecule has 0 N–H and O–H groups in total. The number of furan rings is 2. The predicted octanol–water partition coefficient (Wildman–Crippen LogP) is 15.4. The van der Waals surface area contributed by atoms with Crippen molar-refractivity contribution in [3.05, 3.63) is 206 Å². The maximum absolute atomic E-state index is 9.85. The van der Waals surface area contributed by atoms with Gasteiger partial charge in [0.05, 0.1) is 43.0 Å². The third kappa shape index (κ3) is 4.95. The molecule has 0 radical (unpaired) electrons. The van der Waals surface area contributed by atoms with Crippen LogP contribution in [0, 0.1) is 0 Å². The van der Waals surface area contributed by atoms with Crippen LogP contribution in [0.15, 0.2) is 215 Å². The van der Waals surface area contributed by atoms with Crippen molar-refractivity contribution in [2.45, 2.75) is 0 Å². The zero-order chi connectivity index (χ0) is 51.2. The molecule has 0 amide bonds. The van der Waals surface area contributed by atoms with Crippen molar-refractivity contribution < 1.29 is 29.4 Å². The van der Waals surface area contributed by atoms with Gasteiger partial charge in [-0.05, 0) is 83.3 Å². The molecule has 12 rings (SSSR count). The van der Waals surface area contributed by atoms with Crippen molar-refractivity contribution in [1.29, 1.82) is 0 Å². The van der Waals surface area contributed by atoms with Crippen LogP contribution >= 0.6 is 0 Å². The Labute approximate surface area is 355 Å². The third-order valence-electron chi connectivity index (χ3n) is 10.5. The van der Waals surface area contributed by atoms with Crippen molar-refractivity contribution in [3.8, 4) is 27.9 Å². The van der Waals surface area contributed by atoms with Gasteiger partial charge in [-0.15, -0.1) is 0 Å². The molecule has 0 saturated heterocycles. The van der Waals surface area contributed by atoms with Gasteiger partial charge in [0.1, 0.15) is 16.7 Å². The highest BCUT2D eigenvalue weighted by atomic mass is 16.3. The fourth-order valence-corrected chi connectivity index (χ4v) is 8.05. The molecule has 0 aliphatic carbocycles. The molecule has 272 valence electrons. The van der Waals surface area contributed by atoms with Crippen LogP contribution in [0.2, 0.25) is 0 Å². The fourth-order valence-electron chi connectivity index (χ4n) is 8.05. The van der Waals surface area contributed by atoms with Gasteiger partial charge in [-0.25, -0.2) is 0 Å². The number of aromatic nitrogens is 1. The highest BCUT2D eigenvalue weighted by Crippen LogP contribution is 2.49. The van der Waals surface area contributed by atoms with Crippen molar-refractivity contribution in [3.63, 3.8) is 0 Å². The van der Waals surface area contributed by atoms with Crippen molar-refractivity contribution in [2.24, 2.45) is 0 Å². The van der Waals surface area contributed by atoms with Crippen molar-refractivity contribution in [2.75, 3.05) is 4.90 Å². The van der Waals surface area contributed by atoms with Crippen molar-refractivity contribution >= 4 is 82.7 Å². The van der Waals surface area contributed by atoms with E-state index in [2.05, 4.69) is 4.57 Å². The summed E-state index contributed by atoms with van der Waals surface area (Å²) in [4.78, 5) is 1.27. The zero-order valence-corrected chi connectivity index (χ0v) is 30.2. The first-order chi connectivity index (χ1) is 35.0. The van der Waals surface area contributed by atoms with E-state index in [1.165, 1.54) is 4.90 Å². The molecule has 0 fully saturated rings. The molecule has 9 aromatic carbocycles. The normalized spacial score (nSPS) is 15.4. The van der Waals surface area contributed by atoms with E-state index in [0.717, 1.165) is 38.9 Å². The Bertz CT molecular complexity index is 4310. The Kier molecular flexibility index (Phi) is 4.64. The minimum absolute atomic E-state index is 0.106. The second-order valence-corrected chi connectivity index (χ2v) is 13.7. The summed E-state index contributed by atoms with van der Waals surface area (Å²) >= 11 is 0. The molecule has 58 heavy (non-hydrogen) atoms. The summed E-state index contributed by atoms with van der Waals surface area (Å²) in [7, 11) is 0. The molecule has 4 nitrogen and oxygen atoms in total. The first-order valence-electron chi connectivity index (χ1n) is 25.9. The van der Waals surface area contributed by atoms with Gasteiger partial charge in [-0.3, -0.25) is 0 Å². The summed E-state index contributed by atoms with van der Waals surface area (Å²) in [6, 6.07) is 25.6. The van der Waals surface area contributed by atoms with E-state index in [1.807, 2.05) is 91.0 Å². The summed E-state index contributed by atoms with van der Waals surface area (Å²) < 4.78 is 150. The van der Waals surface area contributed by atoms with E-state index >= 15 is 0 Å². The third-order valence-corrected chi connectivity index (χ3v) is 10.5. The summed E-state index contributed by atoms with van der Waals surface area (Å²) in [5, 5.41) is 3.15. The van der Waals surface area contributed by atoms with Crippen LogP contribution in [0.3, 0.4) is 0 Å². The number of fused-ring (bicyclic) bond motifs is 9. The van der Waals surface area contributed by atoms with Crippen LogP contribution in [0.4, 0.5) is 17.1 Å². The predicted molar refractivity (Wildman–Crippen MR) is 241 cm³/mol. The van der Waals surface area contributed by atoms with Crippen LogP contribution in [-0.4, -0.2) is 4.57 Å². The largest absolute Gasteiger partial charge is 0.455 e. The maximum atomic E-state index is 9.85. The molecule has 0 aliphatic rings. The van der Waals surface area contributed by atoms with E-state index in [9.17, 15) is 8.22 Å². The molecule has 0 bridgehead atoms. The van der Waals surface area contributed by atoms with Gasteiger partial charge in [-0.1, -0.05) is 139 Å². The van der Waals surface area contributed by atoms with Crippen LogP contribution in [0.5, 0.6) is 0 Å². The molecule has 12 aromatic rings. The molecule has 0 saturated carbocycles. The average molecular weight is 758 g/mol. The van der Waals surface area contributed by atoms with Gasteiger partial charge in [0, 0.05) is 49.3 Å². The van der Waals surface area contributed by atoms with E-state index in [0.29, 0.717) is 27.7 Å². The number of nitrogens with zero attached hydrogens (tertiary/aromatic N) is 2. The van der Waals surface area contributed by atoms with E-state index in [-0.39, 0.29) is 39.4 Å². The molecular weight excluding hydrogens is 709 g/mol. The number of para-hydroxylation sites is 5. The Morgan fingerprint density at radius 3 is 1.91 bits per heavy atom. The highest BCUT2D eigenvalue weighted by Gasteiger charge is 2.26. The second-order valence-electron chi connectivity index (χ2n) is 13.7. The summed E-state index contributed by atoms with van der Waals surface area (Å²) in [5.41, 5.74) is 1.84. The van der Waals surface area contributed by atoms with Crippen LogP contribution in [-0.2, 0) is 0 Å². The molecule has 3 aromatic heterocycles. The Hall–Kier alpha value is -7.82. The van der Waals surface area contributed by atoms with Gasteiger partial charge < -0.3 is 18.3 Å². The molecule has 0 atom stereocenters. The zero-order valence-electron chi connectivity index (χ0n) is 45.2. The van der Waals surface area contributed by atoms with Gasteiger partial charge in [0.25, 0.3) is 0 Å². The van der Waals surface area contributed by atoms with Crippen molar-refractivity contribution in [1.82, 2.24) is 4.57 Å². The number of hydrogen-bond acceptors (Lipinski definition) is 3. The minimum atomic E-state index is -0.789. The summed E-state index contributed by atoms with van der Waals surface area (Å²) in [6.45, 7) is 0. The lowest BCUT2D eigenvalue weighted by molar-refractivity contribution is 0.668. The molecule has 0 unspecified atom stereocenters. The van der Waals surface area contributed by atoms with Gasteiger partial charge >= 0.3 is 0 Å². The minimum Gasteiger partial charge on any atom is -0.455 e. The first kappa shape index (κ1) is 20.9. The maximum Gasteiger partial charge on any atom is 0.159 e. The van der Waals surface area contributed by atoms with Gasteiger partial charge in [0.15, 0.2) is 5.58 Å². The van der Waals surface area contributed by atoms with E-state index in [4.69, 9.17) is 21.2 Å². The number of rotatable bonds is 6. The van der Waals surface area contributed by atoms with Crippen LogP contribution < -0.4 is 4.90 Å². The monoisotopic (exact) mass is 757 g/mol. The summed E-state index contributed by atoms with van der Waals surface area (Å²) in [5.74, 6) is 0. The quantitative estimate of drug-likeness (QED) is 0.169. The highest BCUT2D eigenvalue weighted by molar-refractivity contribution is 6.16. The molecular formula is C54H34N2O2. The van der Waals surface area contributed by atoms with Crippen LogP contribution in [0.25, 0.3) is 93.6 Å². The smallest absolute Gasteiger partial charge is 0.159 e. The molecule has 4 heteroatoms. The lowest BCUT2D eigenvalue weighted by Gasteiger charge is -2.28. The number of hydrogen-bond donors (Lipinski definition) is 0. The molecule has 0 aliphatic heterocycles. The van der Waals surface area contributed by atoms with Gasteiger partial charge in [0.2, 0.25) is 0 Å². The lowest BCUT2D eigenvalue weighted by Crippen LogP contribution is -2.11. The van der Waals surface area contributed by atoms with E-state index < -0.39 is 101 Å². The standard InChI is InChI=1S/C54H34N2O2/c1-2-14-35(15-3-1)36-28-30-38(31-29-36)55(49-25-13-22-44-42-20-6-10-26-50(42)57-53(44)49)48-33-32-45-43-21-7-11-27-51(43)58-54(45)52(48)37-16-12-17-39(34-37)56-46-23-8-4-18-40(46)41-19-5-9-24-47(41)56/h1-34H/i1D,2D,3D,6D,10D,14D,15D,20D,22D,25D,26D,28D,29D,30D,31D.